The van der Waals surface area contributed by atoms with Crippen molar-refractivity contribution in [2.45, 2.75) is 19.9 Å². The molecular weight excluding hydrogens is 354 g/mol. The monoisotopic (exact) mass is 385 g/mol. The molecule has 6 nitrogen and oxygen atoms in total. The molecule has 0 unspecified atom stereocenters. The summed E-state index contributed by atoms with van der Waals surface area (Å²) in [5.41, 5.74) is 2.06. The number of hydrogen-bond acceptors (Lipinski definition) is 4. The predicted octanol–water partition coefficient (Wildman–Crippen LogP) is 1.55. The van der Waals surface area contributed by atoms with Crippen LogP contribution in [0.2, 0.25) is 0 Å². The number of aryl methyl sites for hydroxylation is 1. The fourth-order valence-corrected chi connectivity index (χ4v) is 5.06. The summed E-state index contributed by atoms with van der Waals surface area (Å²) >= 11 is 0. The fourth-order valence-electron chi connectivity index (χ4n) is 5.06. The summed E-state index contributed by atoms with van der Waals surface area (Å²) in [6, 6.07) is 8.39. The van der Waals surface area contributed by atoms with Gasteiger partial charge in [0.2, 0.25) is 11.8 Å². The molecule has 2 amide bonds. The highest BCUT2D eigenvalue weighted by Crippen LogP contribution is 2.46. The Kier molecular flexibility index (Phi) is 4.96. The van der Waals surface area contributed by atoms with Crippen LogP contribution in [0.5, 0.6) is 0 Å². The second kappa shape index (κ2) is 7.16. The van der Waals surface area contributed by atoms with E-state index < -0.39 is 0 Å². The minimum atomic E-state index is -0.364. The molecule has 0 bridgehead atoms. The van der Waals surface area contributed by atoms with Gasteiger partial charge in [0.25, 0.3) is 0 Å². The molecule has 0 aliphatic carbocycles. The van der Waals surface area contributed by atoms with Gasteiger partial charge in [-0.25, -0.2) is 0 Å². The van der Waals surface area contributed by atoms with Gasteiger partial charge >= 0.3 is 0 Å². The summed E-state index contributed by atoms with van der Waals surface area (Å²) in [6.07, 6.45) is 0. The third-order valence-electron chi connectivity index (χ3n) is 6.59. The van der Waals surface area contributed by atoms with Crippen molar-refractivity contribution in [2.75, 3.05) is 53.5 Å². The highest BCUT2D eigenvalue weighted by molar-refractivity contribution is 5.84. The maximum Gasteiger partial charge on any atom is 0.237 e. The van der Waals surface area contributed by atoms with Crippen molar-refractivity contribution in [3.05, 3.63) is 35.4 Å². The highest BCUT2D eigenvalue weighted by Gasteiger charge is 2.53. The lowest BCUT2D eigenvalue weighted by Crippen LogP contribution is -2.53. The summed E-state index contributed by atoms with van der Waals surface area (Å²) in [6.45, 7) is 7.77. The maximum absolute atomic E-state index is 13.0. The first kappa shape index (κ1) is 19.4. The molecule has 3 aliphatic heterocycles. The highest BCUT2D eigenvalue weighted by atomic mass is 16.5. The SMILES string of the molecule is Cc1ccccc1[C@H]1[C@@H]2CN(C(=O)C3(C)COC3)C[C@@H]2CN1C(=O)CN(C)C. The second-order valence-corrected chi connectivity index (χ2v) is 9.27. The third kappa shape index (κ3) is 3.22. The quantitative estimate of drug-likeness (QED) is 0.789. The molecule has 3 saturated heterocycles. The van der Waals surface area contributed by atoms with Gasteiger partial charge in [-0.2, -0.15) is 0 Å². The van der Waals surface area contributed by atoms with Crippen LogP contribution in [-0.4, -0.2) is 80.0 Å². The van der Waals surface area contributed by atoms with Crippen LogP contribution in [0.3, 0.4) is 0 Å². The molecule has 0 radical (unpaired) electrons. The van der Waals surface area contributed by atoms with Crippen LogP contribution < -0.4 is 0 Å². The van der Waals surface area contributed by atoms with Crippen LogP contribution in [0.25, 0.3) is 0 Å². The molecule has 3 atom stereocenters. The van der Waals surface area contributed by atoms with E-state index in [0.717, 1.165) is 19.6 Å². The first-order chi connectivity index (χ1) is 13.3. The van der Waals surface area contributed by atoms with Crippen LogP contribution in [0.15, 0.2) is 24.3 Å². The van der Waals surface area contributed by atoms with Gasteiger partial charge in [0, 0.05) is 31.5 Å². The number of carbonyl (C=O) groups excluding carboxylic acids is 2. The predicted molar refractivity (Wildman–Crippen MR) is 107 cm³/mol. The summed E-state index contributed by atoms with van der Waals surface area (Å²) in [7, 11) is 3.86. The Morgan fingerprint density at radius 3 is 2.50 bits per heavy atom. The summed E-state index contributed by atoms with van der Waals surface area (Å²) < 4.78 is 5.30. The van der Waals surface area contributed by atoms with Crippen molar-refractivity contribution in [1.29, 1.82) is 0 Å². The zero-order valence-corrected chi connectivity index (χ0v) is 17.4. The van der Waals surface area contributed by atoms with E-state index in [-0.39, 0.29) is 23.3 Å². The molecule has 0 aromatic heterocycles. The number of fused-ring (bicyclic) bond motifs is 1. The Labute approximate surface area is 167 Å². The van der Waals surface area contributed by atoms with Crippen LogP contribution in [0.1, 0.15) is 24.1 Å². The molecule has 0 spiro atoms. The van der Waals surface area contributed by atoms with Gasteiger partial charge in [-0.05, 0) is 39.1 Å². The minimum Gasteiger partial charge on any atom is -0.379 e. The van der Waals surface area contributed by atoms with Crippen molar-refractivity contribution in [2.24, 2.45) is 17.3 Å². The van der Waals surface area contributed by atoms with E-state index in [2.05, 4.69) is 30.0 Å². The van der Waals surface area contributed by atoms with Crippen LogP contribution in [0, 0.1) is 24.2 Å². The van der Waals surface area contributed by atoms with Crippen LogP contribution in [0.4, 0.5) is 0 Å². The largest absolute Gasteiger partial charge is 0.379 e. The normalized spacial score (nSPS) is 28.4. The first-order valence-corrected chi connectivity index (χ1v) is 10.2. The molecule has 1 aromatic carbocycles. The van der Waals surface area contributed by atoms with Gasteiger partial charge in [-0.1, -0.05) is 24.3 Å². The lowest BCUT2D eigenvalue weighted by molar-refractivity contribution is -0.168. The van der Waals surface area contributed by atoms with E-state index >= 15 is 0 Å². The number of nitrogens with zero attached hydrogens (tertiary/aromatic N) is 3. The minimum absolute atomic E-state index is 0.0434. The number of ether oxygens (including phenoxy) is 1. The van der Waals surface area contributed by atoms with Gasteiger partial charge in [0.15, 0.2) is 0 Å². The Morgan fingerprint density at radius 2 is 1.89 bits per heavy atom. The Bertz CT molecular complexity index is 774. The molecule has 152 valence electrons. The van der Waals surface area contributed by atoms with Gasteiger partial charge in [0.05, 0.1) is 31.2 Å². The zero-order valence-electron chi connectivity index (χ0n) is 17.4. The second-order valence-electron chi connectivity index (χ2n) is 9.27. The van der Waals surface area contributed by atoms with Crippen molar-refractivity contribution < 1.29 is 14.3 Å². The summed E-state index contributed by atoms with van der Waals surface area (Å²) in [5, 5.41) is 0. The number of benzene rings is 1. The summed E-state index contributed by atoms with van der Waals surface area (Å²) in [4.78, 5) is 32.0. The van der Waals surface area contributed by atoms with Gasteiger partial charge in [-0.15, -0.1) is 0 Å². The number of rotatable bonds is 4. The Balaban J connectivity index is 1.60. The average Bonchev–Trinajstić information content (AvgIpc) is 3.17. The number of carbonyl (C=O) groups is 2. The van der Waals surface area contributed by atoms with Crippen molar-refractivity contribution in [3.63, 3.8) is 0 Å². The average molecular weight is 386 g/mol. The standard InChI is InChI=1S/C22H31N3O3/c1-15-7-5-6-8-17(15)20-18-11-24(21(27)22(2)13-28-14-22)9-16(18)10-25(20)19(26)12-23(3)4/h5-8,16,18,20H,9-14H2,1-4H3/t16-,18-,20+/m1/s1. The summed E-state index contributed by atoms with van der Waals surface area (Å²) in [5.74, 6) is 1.01. The Hall–Kier alpha value is -1.92. The topological polar surface area (TPSA) is 53.1 Å². The number of likely N-dealkylation sites (tertiary alicyclic amines) is 2. The molecule has 28 heavy (non-hydrogen) atoms. The molecule has 3 aliphatic rings. The lowest BCUT2D eigenvalue weighted by atomic mass is 9.86. The number of likely N-dealkylation sites (N-methyl/N-ethyl adjacent to an activating group) is 1. The van der Waals surface area contributed by atoms with E-state index in [9.17, 15) is 9.59 Å². The van der Waals surface area contributed by atoms with E-state index in [0.29, 0.717) is 31.6 Å². The van der Waals surface area contributed by atoms with Gasteiger partial charge in [0.1, 0.15) is 0 Å². The van der Waals surface area contributed by atoms with Crippen molar-refractivity contribution in [3.8, 4) is 0 Å². The molecule has 6 heteroatoms. The van der Waals surface area contributed by atoms with Crippen molar-refractivity contribution in [1.82, 2.24) is 14.7 Å². The molecule has 1 aromatic rings. The van der Waals surface area contributed by atoms with Gasteiger partial charge in [-0.3, -0.25) is 9.59 Å². The van der Waals surface area contributed by atoms with Crippen LogP contribution >= 0.6 is 0 Å². The molecule has 4 rings (SSSR count). The van der Waals surface area contributed by atoms with E-state index in [1.807, 2.05) is 36.9 Å². The smallest absolute Gasteiger partial charge is 0.237 e. The van der Waals surface area contributed by atoms with E-state index in [4.69, 9.17) is 4.74 Å². The van der Waals surface area contributed by atoms with Crippen molar-refractivity contribution >= 4 is 11.8 Å². The molecular formula is C22H31N3O3. The molecule has 3 heterocycles. The number of amides is 2. The Morgan fingerprint density at radius 1 is 1.18 bits per heavy atom. The molecule has 0 saturated carbocycles. The van der Waals surface area contributed by atoms with E-state index in [1.165, 1.54) is 11.1 Å². The maximum atomic E-state index is 13.0. The van der Waals surface area contributed by atoms with Crippen LogP contribution in [-0.2, 0) is 14.3 Å². The lowest BCUT2D eigenvalue weighted by Gasteiger charge is -2.40. The molecule has 3 fully saturated rings. The third-order valence-corrected chi connectivity index (χ3v) is 6.59. The first-order valence-electron chi connectivity index (χ1n) is 10.2. The molecule has 0 N–H and O–H groups in total. The van der Waals surface area contributed by atoms with Gasteiger partial charge < -0.3 is 19.4 Å². The fraction of sp³-hybridized carbons (Fsp3) is 0.636. The number of hydrogen-bond donors (Lipinski definition) is 0. The zero-order chi connectivity index (χ0) is 20.1. The van der Waals surface area contributed by atoms with E-state index in [1.54, 1.807) is 0 Å².